The number of rotatable bonds is 6. The van der Waals surface area contributed by atoms with Gasteiger partial charge in [-0.1, -0.05) is 30.3 Å². The highest BCUT2D eigenvalue weighted by Crippen LogP contribution is 2.24. The lowest BCUT2D eigenvalue weighted by Crippen LogP contribution is -2.29. The zero-order valence-corrected chi connectivity index (χ0v) is 16.1. The molecule has 1 unspecified atom stereocenters. The molecular formula is C22H21N3O4. The van der Waals surface area contributed by atoms with Crippen LogP contribution in [0.15, 0.2) is 71.3 Å². The number of anilines is 2. The summed E-state index contributed by atoms with van der Waals surface area (Å²) in [6.07, 6.45) is 1.55. The van der Waals surface area contributed by atoms with Gasteiger partial charge >= 0.3 is 0 Å². The fourth-order valence-electron chi connectivity index (χ4n) is 2.94. The topological polar surface area (TPSA) is 100 Å². The average Bonchev–Trinajstić information content (AvgIpc) is 3.19. The van der Waals surface area contributed by atoms with Crippen molar-refractivity contribution in [1.82, 2.24) is 5.32 Å². The van der Waals surface area contributed by atoms with Gasteiger partial charge in [0, 0.05) is 30.8 Å². The number of nitrogens with one attached hydrogen (secondary N) is 3. The molecule has 3 rings (SSSR count). The van der Waals surface area contributed by atoms with Crippen LogP contribution in [0.5, 0.6) is 0 Å². The van der Waals surface area contributed by atoms with Crippen molar-refractivity contribution in [2.75, 3.05) is 10.6 Å². The summed E-state index contributed by atoms with van der Waals surface area (Å²) in [5, 5.41) is 8.23. The quantitative estimate of drug-likeness (QED) is 0.596. The molecule has 0 aliphatic rings. The first-order valence-corrected chi connectivity index (χ1v) is 9.02. The summed E-state index contributed by atoms with van der Waals surface area (Å²) in [4.78, 5) is 35.9. The number of carbonyl (C=O) groups is 3. The summed E-state index contributed by atoms with van der Waals surface area (Å²) in [6, 6.07) is 17.2. The molecule has 7 heteroatoms. The SMILES string of the molecule is CC(=O)Nc1cc(NC(C)=O)cc(C(=O)NC(c2ccccc2)c2ccco2)c1. The maximum Gasteiger partial charge on any atom is 0.252 e. The van der Waals surface area contributed by atoms with Gasteiger partial charge in [0.1, 0.15) is 11.8 Å². The standard InChI is InChI=1S/C22H21N3O4/c1-14(26)23-18-11-17(12-19(13-18)24-15(2)27)22(28)25-21(20-9-6-10-29-20)16-7-4-3-5-8-16/h3-13,21H,1-2H3,(H,23,26)(H,24,27)(H,25,28). The van der Waals surface area contributed by atoms with Gasteiger partial charge in [0.05, 0.1) is 6.26 Å². The van der Waals surface area contributed by atoms with Crippen LogP contribution in [0.25, 0.3) is 0 Å². The third kappa shape index (κ3) is 5.32. The van der Waals surface area contributed by atoms with Crippen molar-refractivity contribution in [3.63, 3.8) is 0 Å². The predicted molar refractivity (Wildman–Crippen MR) is 110 cm³/mol. The minimum atomic E-state index is -0.493. The van der Waals surface area contributed by atoms with Gasteiger partial charge < -0.3 is 20.4 Å². The molecule has 7 nitrogen and oxygen atoms in total. The van der Waals surface area contributed by atoms with Crippen molar-refractivity contribution in [2.45, 2.75) is 19.9 Å². The van der Waals surface area contributed by atoms with E-state index < -0.39 is 6.04 Å². The Morgan fingerprint density at radius 3 is 1.97 bits per heavy atom. The minimum Gasteiger partial charge on any atom is -0.467 e. The molecule has 1 atom stereocenters. The normalized spacial score (nSPS) is 11.4. The van der Waals surface area contributed by atoms with Crippen molar-refractivity contribution in [3.05, 3.63) is 83.8 Å². The van der Waals surface area contributed by atoms with E-state index in [-0.39, 0.29) is 23.3 Å². The van der Waals surface area contributed by atoms with Crippen LogP contribution in [0.1, 0.15) is 41.6 Å². The Labute approximate surface area is 168 Å². The van der Waals surface area contributed by atoms with Crippen LogP contribution < -0.4 is 16.0 Å². The fourth-order valence-corrected chi connectivity index (χ4v) is 2.94. The molecule has 0 bridgehead atoms. The van der Waals surface area contributed by atoms with Gasteiger partial charge in [-0.2, -0.15) is 0 Å². The maximum absolute atomic E-state index is 13.0. The van der Waals surface area contributed by atoms with Gasteiger partial charge in [0.25, 0.3) is 5.91 Å². The van der Waals surface area contributed by atoms with Crippen LogP contribution in [0.3, 0.4) is 0 Å². The molecule has 0 radical (unpaired) electrons. The van der Waals surface area contributed by atoms with E-state index in [0.717, 1.165) is 5.56 Å². The molecule has 0 fully saturated rings. The number of benzene rings is 2. The van der Waals surface area contributed by atoms with Gasteiger partial charge in [0.15, 0.2) is 0 Å². The zero-order chi connectivity index (χ0) is 20.8. The summed E-state index contributed by atoms with van der Waals surface area (Å²) >= 11 is 0. The fraction of sp³-hybridized carbons (Fsp3) is 0.136. The van der Waals surface area contributed by atoms with Crippen molar-refractivity contribution in [3.8, 4) is 0 Å². The molecule has 0 spiro atoms. The molecule has 0 saturated heterocycles. The van der Waals surface area contributed by atoms with Crippen LogP contribution >= 0.6 is 0 Å². The van der Waals surface area contributed by atoms with E-state index in [1.165, 1.54) is 13.8 Å². The molecule has 1 aromatic heterocycles. The van der Waals surface area contributed by atoms with E-state index in [1.54, 1.807) is 36.6 Å². The Morgan fingerprint density at radius 1 is 0.828 bits per heavy atom. The summed E-state index contributed by atoms with van der Waals surface area (Å²) in [5.41, 5.74) is 1.95. The number of furan rings is 1. The van der Waals surface area contributed by atoms with Crippen LogP contribution in [0, 0.1) is 0 Å². The highest BCUT2D eigenvalue weighted by Gasteiger charge is 2.21. The van der Waals surface area contributed by atoms with Crippen molar-refractivity contribution in [2.24, 2.45) is 0 Å². The van der Waals surface area contributed by atoms with Crippen molar-refractivity contribution >= 4 is 29.1 Å². The third-order valence-corrected chi connectivity index (χ3v) is 4.07. The lowest BCUT2D eigenvalue weighted by molar-refractivity contribution is -0.115. The van der Waals surface area contributed by atoms with Crippen LogP contribution in [0.2, 0.25) is 0 Å². The first kappa shape index (κ1) is 19.9. The van der Waals surface area contributed by atoms with Crippen LogP contribution in [-0.2, 0) is 9.59 Å². The lowest BCUT2D eigenvalue weighted by Gasteiger charge is -2.18. The first-order chi connectivity index (χ1) is 13.9. The monoisotopic (exact) mass is 391 g/mol. The molecule has 1 heterocycles. The molecule has 3 amide bonds. The van der Waals surface area contributed by atoms with E-state index in [9.17, 15) is 14.4 Å². The molecule has 3 N–H and O–H groups in total. The second kappa shape index (κ2) is 8.88. The summed E-state index contributed by atoms with van der Waals surface area (Å²) < 4.78 is 5.51. The molecule has 0 aliphatic heterocycles. The molecule has 0 aliphatic carbocycles. The van der Waals surface area contributed by atoms with Crippen LogP contribution in [-0.4, -0.2) is 17.7 Å². The van der Waals surface area contributed by atoms with Gasteiger partial charge in [-0.25, -0.2) is 0 Å². The van der Waals surface area contributed by atoms with Crippen molar-refractivity contribution in [1.29, 1.82) is 0 Å². The van der Waals surface area contributed by atoms with E-state index in [1.807, 2.05) is 30.3 Å². The highest BCUT2D eigenvalue weighted by molar-refractivity contribution is 6.00. The number of hydrogen-bond acceptors (Lipinski definition) is 4. The molecule has 3 aromatic rings. The smallest absolute Gasteiger partial charge is 0.252 e. The Balaban J connectivity index is 1.93. The first-order valence-electron chi connectivity index (χ1n) is 9.02. The molecule has 29 heavy (non-hydrogen) atoms. The Morgan fingerprint density at radius 2 is 1.45 bits per heavy atom. The van der Waals surface area contributed by atoms with Gasteiger partial charge in [-0.05, 0) is 35.9 Å². The molecule has 148 valence electrons. The third-order valence-electron chi connectivity index (χ3n) is 4.07. The second-order valence-electron chi connectivity index (χ2n) is 6.49. The second-order valence-corrected chi connectivity index (χ2v) is 6.49. The van der Waals surface area contributed by atoms with Gasteiger partial charge in [-0.3, -0.25) is 14.4 Å². The Hall–Kier alpha value is -3.87. The van der Waals surface area contributed by atoms with E-state index in [0.29, 0.717) is 17.1 Å². The number of amides is 3. The number of carbonyl (C=O) groups excluding carboxylic acids is 3. The Kier molecular flexibility index (Phi) is 6.09. The Bertz CT molecular complexity index is 980. The van der Waals surface area contributed by atoms with Crippen molar-refractivity contribution < 1.29 is 18.8 Å². The largest absolute Gasteiger partial charge is 0.467 e. The lowest BCUT2D eigenvalue weighted by atomic mass is 10.0. The average molecular weight is 391 g/mol. The summed E-state index contributed by atoms with van der Waals surface area (Å²) in [6.45, 7) is 2.74. The summed E-state index contributed by atoms with van der Waals surface area (Å²) in [7, 11) is 0. The molecular weight excluding hydrogens is 370 g/mol. The highest BCUT2D eigenvalue weighted by atomic mass is 16.3. The van der Waals surface area contributed by atoms with E-state index >= 15 is 0 Å². The van der Waals surface area contributed by atoms with Crippen LogP contribution in [0.4, 0.5) is 11.4 Å². The minimum absolute atomic E-state index is 0.283. The van der Waals surface area contributed by atoms with Gasteiger partial charge in [-0.15, -0.1) is 0 Å². The summed E-state index contributed by atoms with van der Waals surface area (Å²) in [5.74, 6) is -0.359. The predicted octanol–water partition coefficient (Wildman–Crippen LogP) is 3.72. The van der Waals surface area contributed by atoms with E-state index in [2.05, 4.69) is 16.0 Å². The molecule has 2 aromatic carbocycles. The van der Waals surface area contributed by atoms with E-state index in [4.69, 9.17) is 4.42 Å². The maximum atomic E-state index is 13.0. The zero-order valence-electron chi connectivity index (χ0n) is 16.1. The number of hydrogen-bond donors (Lipinski definition) is 3. The molecule has 0 saturated carbocycles. The van der Waals surface area contributed by atoms with Gasteiger partial charge in [0.2, 0.25) is 11.8 Å².